The lowest BCUT2D eigenvalue weighted by molar-refractivity contribution is -0.159. The maximum absolute atomic E-state index is 10.6. The second kappa shape index (κ2) is 4.64. The summed E-state index contributed by atoms with van der Waals surface area (Å²) in [5, 5.41) is 8.28. The van der Waals surface area contributed by atoms with E-state index in [2.05, 4.69) is 9.47 Å². The van der Waals surface area contributed by atoms with Crippen molar-refractivity contribution in [3.63, 3.8) is 0 Å². The summed E-state index contributed by atoms with van der Waals surface area (Å²) in [6.45, 7) is 0. The van der Waals surface area contributed by atoms with E-state index in [4.69, 9.17) is 5.21 Å². The molecule has 6 heteroatoms. The SMILES string of the molecule is COC(=O)C(NO)C(=O)OC. The molecule has 0 heterocycles. The van der Waals surface area contributed by atoms with E-state index in [1.165, 1.54) is 5.48 Å². The molecule has 0 saturated heterocycles. The molecule has 11 heavy (non-hydrogen) atoms. The first-order chi connectivity index (χ1) is 5.17. The monoisotopic (exact) mass is 163 g/mol. The second-order valence-electron chi connectivity index (χ2n) is 1.61. The minimum Gasteiger partial charge on any atom is -0.467 e. The molecule has 0 aromatic carbocycles. The summed E-state index contributed by atoms with van der Waals surface area (Å²) in [6.07, 6.45) is 0. The average Bonchev–Trinajstić information content (AvgIpc) is 2.05. The topological polar surface area (TPSA) is 84.9 Å². The van der Waals surface area contributed by atoms with Crippen LogP contribution in [-0.2, 0) is 19.1 Å². The highest BCUT2D eigenvalue weighted by molar-refractivity contribution is 5.98. The maximum atomic E-state index is 10.6. The van der Waals surface area contributed by atoms with Crippen molar-refractivity contribution < 1.29 is 24.3 Å². The minimum atomic E-state index is -1.47. The van der Waals surface area contributed by atoms with Gasteiger partial charge in [0, 0.05) is 0 Å². The van der Waals surface area contributed by atoms with Crippen molar-refractivity contribution in [1.82, 2.24) is 5.48 Å². The fraction of sp³-hybridized carbons (Fsp3) is 0.600. The number of nitrogens with one attached hydrogen (secondary N) is 1. The van der Waals surface area contributed by atoms with Crippen molar-refractivity contribution in [2.24, 2.45) is 0 Å². The van der Waals surface area contributed by atoms with Gasteiger partial charge in [0.1, 0.15) is 0 Å². The number of carbonyl (C=O) groups excluding carboxylic acids is 2. The van der Waals surface area contributed by atoms with Crippen LogP contribution in [0.25, 0.3) is 0 Å². The summed E-state index contributed by atoms with van der Waals surface area (Å²) < 4.78 is 8.33. The molecule has 0 atom stereocenters. The Balaban J connectivity index is 4.15. The quantitative estimate of drug-likeness (QED) is 0.305. The Morgan fingerprint density at radius 1 is 1.27 bits per heavy atom. The summed E-state index contributed by atoms with van der Waals surface area (Å²) in [4.78, 5) is 21.2. The smallest absolute Gasteiger partial charge is 0.336 e. The zero-order valence-electron chi connectivity index (χ0n) is 6.16. The molecule has 0 aromatic heterocycles. The number of esters is 2. The van der Waals surface area contributed by atoms with Crippen molar-refractivity contribution >= 4 is 11.9 Å². The van der Waals surface area contributed by atoms with Crippen LogP contribution in [-0.4, -0.2) is 37.4 Å². The number of carbonyl (C=O) groups is 2. The number of ether oxygens (including phenoxy) is 2. The van der Waals surface area contributed by atoms with Crippen molar-refractivity contribution in [1.29, 1.82) is 0 Å². The van der Waals surface area contributed by atoms with E-state index in [1.807, 2.05) is 0 Å². The summed E-state index contributed by atoms with van der Waals surface area (Å²) in [6, 6.07) is -1.47. The first-order valence-electron chi connectivity index (χ1n) is 2.72. The van der Waals surface area contributed by atoms with Crippen LogP contribution in [0, 0.1) is 0 Å². The molecule has 0 aliphatic carbocycles. The molecule has 0 spiro atoms. The Hall–Kier alpha value is -1.14. The predicted octanol–water partition coefficient (Wildman–Crippen LogP) is -1.32. The van der Waals surface area contributed by atoms with Gasteiger partial charge in [-0.2, -0.15) is 5.48 Å². The van der Waals surface area contributed by atoms with E-state index in [9.17, 15) is 9.59 Å². The lowest BCUT2D eigenvalue weighted by Gasteiger charge is -2.08. The molecule has 2 N–H and O–H groups in total. The third-order valence-corrected chi connectivity index (χ3v) is 1.00. The average molecular weight is 163 g/mol. The van der Waals surface area contributed by atoms with Gasteiger partial charge in [0.25, 0.3) is 0 Å². The lowest BCUT2D eigenvalue weighted by atomic mass is 10.3. The van der Waals surface area contributed by atoms with E-state index >= 15 is 0 Å². The van der Waals surface area contributed by atoms with Crippen LogP contribution in [0.4, 0.5) is 0 Å². The molecule has 6 nitrogen and oxygen atoms in total. The molecule has 0 aromatic rings. The number of methoxy groups -OCH3 is 2. The van der Waals surface area contributed by atoms with Crippen LogP contribution in [0.3, 0.4) is 0 Å². The van der Waals surface area contributed by atoms with E-state index in [1.54, 1.807) is 0 Å². The largest absolute Gasteiger partial charge is 0.467 e. The Kier molecular flexibility index (Phi) is 4.16. The fourth-order valence-electron chi connectivity index (χ4n) is 0.437. The highest BCUT2D eigenvalue weighted by Gasteiger charge is 2.27. The van der Waals surface area contributed by atoms with Gasteiger partial charge >= 0.3 is 11.9 Å². The third kappa shape index (κ3) is 2.52. The number of hydrogen-bond donors (Lipinski definition) is 2. The van der Waals surface area contributed by atoms with Crippen molar-refractivity contribution in [2.75, 3.05) is 14.2 Å². The minimum absolute atomic E-state index is 0.903. The van der Waals surface area contributed by atoms with Gasteiger partial charge in [0.05, 0.1) is 14.2 Å². The fourth-order valence-corrected chi connectivity index (χ4v) is 0.437. The summed E-state index contributed by atoms with van der Waals surface area (Å²) >= 11 is 0. The molecule has 0 fully saturated rings. The van der Waals surface area contributed by atoms with Crippen LogP contribution in [0.15, 0.2) is 0 Å². The Morgan fingerprint density at radius 3 is 1.82 bits per heavy atom. The molecule has 0 saturated carbocycles. The molecule has 0 rings (SSSR count). The summed E-state index contributed by atoms with van der Waals surface area (Å²) in [5.74, 6) is -1.81. The van der Waals surface area contributed by atoms with Crippen LogP contribution < -0.4 is 5.48 Å². The predicted molar refractivity (Wildman–Crippen MR) is 32.7 cm³/mol. The Morgan fingerprint density at radius 2 is 1.64 bits per heavy atom. The molecule has 0 radical (unpaired) electrons. The first kappa shape index (κ1) is 9.86. The number of rotatable bonds is 3. The second-order valence-corrected chi connectivity index (χ2v) is 1.61. The van der Waals surface area contributed by atoms with Crippen molar-refractivity contribution in [3.8, 4) is 0 Å². The third-order valence-electron chi connectivity index (χ3n) is 1.00. The molecule has 64 valence electrons. The van der Waals surface area contributed by atoms with Gasteiger partial charge in [-0.15, -0.1) is 0 Å². The van der Waals surface area contributed by atoms with E-state index < -0.39 is 18.0 Å². The molecular weight excluding hydrogens is 154 g/mol. The van der Waals surface area contributed by atoms with Gasteiger partial charge in [-0.05, 0) is 0 Å². The van der Waals surface area contributed by atoms with Gasteiger partial charge in [0.15, 0.2) is 0 Å². The van der Waals surface area contributed by atoms with Gasteiger partial charge in [-0.3, -0.25) is 0 Å². The Labute approximate surface area is 63.0 Å². The summed E-state index contributed by atoms with van der Waals surface area (Å²) in [5.41, 5.74) is 1.45. The lowest BCUT2D eigenvalue weighted by Crippen LogP contribution is -2.43. The molecule has 0 amide bonds. The molecule has 0 aliphatic heterocycles. The number of hydrogen-bond acceptors (Lipinski definition) is 6. The van der Waals surface area contributed by atoms with E-state index in [-0.39, 0.29) is 0 Å². The first-order valence-corrected chi connectivity index (χ1v) is 2.72. The van der Waals surface area contributed by atoms with Crippen LogP contribution in [0.2, 0.25) is 0 Å². The molecule has 0 unspecified atom stereocenters. The van der Waals surface area contributed by atoms with Gasteiger partial charge < -0.3 is 14.7 Å². The van der Waals surface area contributed by atoms with Crippen LogP contribution >= 0.6 is 0 Å². The van der Waals surface area contributed by atoms with E-state index in [0.717, 1.165) is 14.2 Å². The highest BCUT2D eigenvalue weighted by Crippen LogP contribution is 1.89. The molecule has 0 aliphatic rings. The zero-order chi connectivity index (χ0) is 8.85. The van der Waals surface area contributed by atoms with Crippen molar-refractivity contribution in [2.45, 2.75) is 6.04 Å². The van der Waals surface area contributed by atoms with Gasteiger partial charge in [-0.25, -0.2) is 9.59 Å². The van der Waals surface area contributed by atoms with Crippen LogP contribution in [0.5, 0.6) is 0 Å². The standard InChI is InChI=1S/C5H9NO5/c1-10-4(7)3(6-9)5(8)11-2/h3,6,9H,1-2H3. The normalized spacial score (nSPS) is 9.45. The van der Waals surface area contributed by atoms with Crippen LogP contribution in [0.1, 0.15) is 0 Å². The highest BCUT2D eigenvalue weighted by atomic mass is 16.6. The molecular formula is C5H9NO5. The maximum Gasteiger partial charge on any atom is 0.336 e. The van der Waals surface area contributed by atoms with Crippen molar-refractivity contribution in [3.05, 3.63) is 0 Å². The van der Waals surface area contributed by atoms with Gasteiger partial charge in [0.2, 0.25) is 6.04 Å². The summed E-state index contributed by atoms with van der Waals surface area (Å²) in [7, 11) is 2.19. The molecule has 0 bridgehead atoms. The van der Waals surface area contributed by atoms with Gasteiger partial charge in [-0.1, -0.05) is 0 Å². The number of hydroxylamine groups is 1. The zero-order valence-corrected chi connectivity index (χ0v) is 6.16. The van der Waals surface area contributed by atoms with E-state index in [0.29, 0.717) is 0 Å². The Bertz CT molecular complexity index is 141.